The Hall–Kier alpha value is -0.0800. The second kappa shape index (κ2) is 9.17. The van der Waals surface area contributed by atoms with Gasteiger partial charge in [0.05, 0.1) is 6.10 Å². The van der Waals surface area contributed by atoms with Crippen molar-refractivity contribution < 1.29 is 10.2 Å². The fourth-order valence-corrected chi connectivity index (χ4v) is 2.04. The molecule has 0 rings (SSSR count). The van der Waals surface area contributed by atoms with Crippen molar-refractivity contribution in [3.8, 4) is 0 Å². The first-order valence-corrected chi connectivity index (χ1v) is 6.48. The van der Waals surface area contributed by atoms with Gasteiger partial charge in [0.15, 0.2) is 0 Å². The van der Waals surface area contributed by atoms with E-state index in [2.05, 4.69) is 13.8 Å². The van der Waals surface area contributed by atoms with Crippen molar-refractivity contribution in [3.63, 3.8) is 0 Å². The van der Waals surface area contributed by atoms with E-state index in [1.165, 1.54) is 19.3 Å². The number of hydrogen-bond donors (Lipinski definition) is 2. The Bertz CT molecular complexity index is 132. The lowest BCUT2D eigenvalue weighted by Gasteiger charge is -2.24. The molecule has 3 unspecified atom stereocenters. The first-order chi connectivity index (χ1) is 7.19. The van der Waals surface area contributed by atoms with E-state index < -0.39 is 0 Å². The van der Waals surface area contributed by atoms with Crippen molar-refractivity contribution in [1.29, 1.82) is 0 Å². The lowest BCUT2D eigenvalue weighted by atomic mass is 9.87. The van der Waals surface area contributed by atoms with Crippen LogP contribution in [0.2, 0.25) is 0 Å². The van der Waals surface area contributed by atoms with E-state index in [0.717, 1.165) is 19.3 Å². The fourth-order valence-electron chi connectivity index (χ4n) is 2.04. The highest BCUT2D eigenvalue weighted by Gasteiger charge is 2.19. The molecule has 0 aromatic heterocycles. The highest BCUT2D eigenvalue weighted by molar-refractivity contribution is 4.71. The van der Waals surface area contributed by atoms with Crippen LogP contribution < -0.4 is 0 Å². The molecule has 0 saturated carbocycles. The Morgan fingerprint density at radius 2 is 1.73 bits per heavy atom. The minimum Gasteiger partial charge on any atom is -0.396 e. The minimum absolute atomic E-state index is 0.0701. The van der Waals surface area contributed by atoms with Crippen molar-refractivity contribution in [2.24, 2.45) is 11.8 Å². The van der Waals surface area contributed by atoms with Crippen molar-refractivity contribution in [3.05, 3.63) is 0 Å². The van der Waals surface area contributed by atoms with Gasteiger partial charge in [0, 0.05) is 12.5 Å². The van der Waals surface area contributed by atoms with Gasteiger partial charge in [-0.2, -0.15) is 0 Å². The summed E-state index contributed by atoms with van der Waals surface area (Å²) in [6.07, 6.45) is 6.23. The molecule has 0 aromatic rings. The molecule has 0 aliphatic rings. The summed E-state index contributed by atoms with van der Waals surface area (Å²) in [5.41, 5.74) is 0. The monoisotopic (exact) mass is 216 g/mol. The zero-order valence-corrected chi connectivity index (χ0v) is 10.6. The summed E-state index contributed by atoms with van der Waals surface area (Å²) in [7, 11) is 0. The molecule has 0 aliphatic heterocycles. The second-order valence-corrected chi connectivity index (χ2v) is 4.57. The van der Waals surface area contributed by atoms with Gasteiger partial charge in [-0.1, -0.05) is 46.5 Å². The van der Waals surface area contributed by atoms with E-state index >= 15 is 0 Å². The average molecular weight is 216 g/mol. The molecular weight excluding hydrogens is 188 g/mol. The van der Waals surface area contributed by atoms with E-state index in [1.54, 1.807) is 0 Å². The van der Waals surface area contributed by atoms with Crippen LogP contribution in [-0.2, 0) is 0 Å². The maximum Gasteiger partial charge on any atom is 0.0592 e. The van der Waals surface area contributed by atoms with Crippen molar-refractivity contribution in [1.82, 2.24) is 0 Å². The summed E-state index contributed by atoms with van der Waals surface area (Å²) in [5.74, 6) is 0.696. The van der Waals surface area contributed by atoms with Crippen LogP contribution in [0.25, 0.3) is 0 Å². The van der Waals surface area contributed by atoms with Crippen LogP contribution in [0.15, 0.2) is 0 Å². The van der Waals surface area contributed by atoms with Crippen molar-refractivity contribution in [2.75, 3.05) is 6.61 Å². The smallest absolute Gasteiger partial charge is 0.0592 e. The topological polar surface area (TPSA) is 40.5 Å². The Balaban J connectivity index is 3.92. The third kappa shape index (κ3) is 6.16. The summed E-state index contributed by atoms with van der Waals surface area (Å²) in [4.78, 5) is 0. The largest absolute Gasteiger partial charge is 0.396 e. The quantitative estimate of drug-likeness (QED) is 0.622. The summed E-state index contributed by atoms with van der Waals surface area (Å²) >= 11 is 0. The van der Waals surface area contributed by atoms with E-state index in [-0.39, 0.29) is 18.6 Å². The van der Waals surface area contributed by atoms with Gasteiger partial charge in [0.25, 0.3) is 0 Å². The molecule has 92 valence electrons. The van der Waals surface area contributed by atoms with E-state index in [0.29, 0.717) is 5.92 Å². The Labute approximate surface area is 94.7 Å². The molecule has 2 N–H and O–H groups in total. The van der Waals surface area contributed by atoms with Gasteiger partial charge in [0.1, 0.15) is 0 Å². The highest BCUT2D eigenvalue weighted by atomic mass is 16.3. The molecule has 3 atom stereocenters. The fraction of sp³-hybridized carbons (Fsp3) is 1.00. The number of rotatable bonds is 9. The van der Waals surface area contributed by atoms with E-state index in [4.69, 9.17) is 5.11 Å². The summed E-state index contributed by atoms with van der Waals surface area (Å²) in [6, 6.07) is 0. The molecule has 0 fully saturated rings. The van der Waals surface area contributed by atoms with Gasteiger partial charge in [0.2, 0.25) is 0 Å². The Kier molecular flexibility index (Phi) is 9.12. The molecule has 0 radical (unpaired) electrons. The third-order valence-corrected chi connectivity index (χ3v) is 3.42. The molecule has 0 bridgehead atoms. The maximum absolute atomic E-state index is 9.95. The molecule has 15 heavy (non-hydrogen) atoms. The number of aliphatic hydroxyl groups excluding tert-OH is 2. The Morgan fingerprint density at radius 1 is 1.07 bits per heavy atom. The number of aliphatic hydroxyl groups is 2. The molecule has 2 nitrogen and oxygen atoms in total. The zero-order valence-electron chi connectivity index (χ0n) is 10.6. The number of hydrogen-bond acceptors (Lipinski definition) is 2. The lowest BCUT2D eigenvalue weighted by molar-refractivity contribution is 0.0446. The molecule has 0 spiro atoms. The predicted molar refractivity (Wildman–Crippen MR) is 64.8 cm³/mol. The molecule has 0 aliphatic carbocycles. The molecule has 0 saturated heterocycles. The first-order valence-electron chi connectivity index (χ1n) is 6.48. The first kappa shape index (κ1) is 14.9. The van der Waals surface area contributed by atoms with Crippen LogP contribution >= 0.6 is 0 Å². The van der Waals surface area contributed by atoms with Gasteiger partial charge in [-0.25, -0.2) is 0 Å². The number of unbranched alkanes of at least 4 members (excludes halogenated alkanes) is 1. The van der Waals surface area contributed by atoms with Crippen molar-refractivity contribution >= 4 is 0 Å². The van der Waals surface area contributed by atoms with Gasteiger partial charge < -0.3 is 10.2 Å². The summed E-state index contributed by atoms with van der Waals surface area (Å²) in [5, 5.41) is 19.0. The van der Waals surface area contributed by atoms with Crippen LogP contribution in [0.4, 0.5) is 0 Å². The maximum atomic E-state index is 9.95. The zero-order chi connectivity index (χ0) is 11.7. The summed E-state index contributed by atoms with van der Waals surface area (Å²) < 4.78 is 0. The lowest BCUT2D eigenvalue weighted by Crippen LogP contribution is -2.25. The van der Waals surface area contributed by atoms with Crippen LogP contribution in [-0.4, -0.2) is 22.9 Å². The summed E-state index contributed by atoms with van der Waals surface area (Å²) in [6.45, 7) is 6.53. The van der Waals surface area contributed by atoms with Gasteiger partial charge in [-0.15, -0.1) is 0 Å². The van der Waals surface area contributed by atoms with Crippen LogP contribution in [0.1, 0.15) is 59.3 Å². The van der Waals surface area contributed by atoms with Crippen molar-refractivity contribution in [2.45, 2.75) is 65.4 Å². The third-order valence-electron chi connectivity index (χ3n) is 3.42. The predicted octanol–water partition coefficient (Wildman–Crippen LogP) is 2.97. The van der Waals surface area contributed by atoms with Gasteiger partial charge in [-0.3, -0.25) is 0 Å². The van der Waals surface area contributed by atoms with Gasteiger partial charge in [-0.05, 0) is 18.8 Å². The molecule has 2 heteroatoms. The normalized spacial score (nSPS) is 17.4. The molecular formula is C13H28O2. The van der Waals surface area contributed by atoms with Gasteiger partial charge >= 0.3 is 0 Å². The minimum atomic E-state index is -0.318. The van der Waals surface area contributed by atoms with E-state index in [1.807, 2.05) is 6.92 Å². The van der Waals surface area contributed by atoms with Crippen LogP contribution in [0.5, 0.6) is 0 Å². The molecule has 0 amide bonds. The Morgan fingerprint density at radius 3 is 2.13 bits per heavy atom. The van der Waals surface area contributed by atoms with E-state index in [9.17, 15) is 5.11 Å². The molecule has 0 heterocycles. The average Bonchev–Trinajstić information content (AvgIpc) is 2.25. The SMILES string of the molecule is CCCCC(CC)CC(O)C(CC)CO. The highest BCUT2D eigenvalue weighted by Crippen LogP contribution is 2.22. The van der Waals surface area contributed by atoms with Crippen LogP contribution in [0, 0.1) is 11.8 Å². The van der Waals surface area contributed by atoms with Crippen LogP contribution in [0.3, 0.4) is 0 Å². The molecule has 0 aromatic carbocycles. The second-order valence-electron chi connectivity index (χ2n) is 4.57. The standard InChI is InChI=1S/C13H28O2/c1-4-7-8-11(5-2)9-13(15)12(6-3)10-14/h11-15H,4-10H2,1-3H3.